The molecule has 0 aliphatic rings. The molecule has 2 aromatic heterocycles. The summed E-state index contributed by atoms with van der Waals surface area (Å²) in [6.07, 6.45) is 0. The van der Waals surface area contributed by atoms with Crippen molar-refractivity contribution >= 4 is 32.3 Å². The highest BCUT2D eigenvalue weighted by Gasteiger charge is 2.07. The first-order valence-corrected chi connectivity index (χ1v) is 5.30. The minimum absolute atomic E-state index is 0.318. The van der Waals surface area contributed by atoms with E-state index in [1.54, 1.807) is 15.9 Å². The van der Waals surface area contributed by atoms with Gasteiger partial charge in [-0.2, -0.15) is 0 Å². The van der Waals surface area contributed by atoms with E-state index < -0.39 is 0 Å². The average molecular weight is 203 g/mol. The second-order valence-corrected chi connectivity index (χ2v) is 4.34. The van der Waals surface area contributed by atoms with Crippen LogP contribution in [0.4, 0.5) is 0 Å². The third-order valence-electron chi connectivity index (χ3n) is 2.63. The zero-order valence-corrected chi connectivity index (χ0v) is 8.51. The molecule has 0 amide bonds. The topological polar surface area (TPSA) is 25.2 Å². The van der Waals surface area contributed by atoms with E-state index in [1.807, 2.05) is 19.2 Å². The van der Waals surface area contributed by atoms with Gasteiger partial charge < -0.3 is 9.67 Å². The molecule has 0 fully saturated rings. The molecule has 2 nitrogen and oxygen atoms in total. The van der Waals surface area contributed by atoms with Crippen LogP contribution in [0.2, 0.25) is 0 Å². The minimum atomic E-state index is 0.318. The van der Waals surface area contributed by atoms with E-state index in [-0.39, 0.29) is 0 Å². The molecule has 0 unspecified atom stereocenters. The highest BCUT2D eigenvalue weighted by Crippen LogP contribution is 2.32. The first-order chi connectivity index (χ1) is 6.77. The van der Waals surface area contributed by atoms with Gasteiger partial charge in [-0.3, -0.25) is 0 Å². The predicted molar refractivity (Wildman–Crippen MR) is 60.0 cm³/mol. The van der Waals surface area contributed by atoms with Crippen LogP contribution in [0.15, 0.2) is 29.6 Å². The largest absolute Gasteiger partial charge is 0.494 e. The number of aromatic nitrogens is 1. The highest BCUT2D eigenvalue weighted by atomic mass is 32.1. The number of thiophene rings is 1. The van der Waals surface area contributed by atoms with E-state index in [0.717, 1.165) is 10.9 Å². The second kappa shape index (κ2) is 2.51. The summed E-state index contributed by atoms with van der Waals surface area (Å²) in [4.78, 5) is 0. The van der Waals surface area contributed by atoms with Crippen LogP contribution in [0, 0.1) is 0 Å². The maximum absolute atomic E-state index is 9.61. The first-order valence-electron chi connectivity index (χ1n) is 4.42. The quantitative estimate of drug-likeness (QED) is 0.596. The van der Waals surface area contributed by atoms with E-state index in [1.165, 1.54) is 10.1 Å². The molecule has 0 bridgehead atoms. The number of benzene rings is 1. The summed E-state index contributed by atoms with van der Waals surface area (Å²) in [5.74, 6) is 0.318. The highest BCUT2D eigenvalue weighted by molar-refractivity contribution is 7.17. The van der Waals surface area contributed by atoms with Gasteiger partial charge in [0, 0.05) is 28.6 Å². The molecular formula is C11H9NOS. The lowest BCUT2D eigenvalue weighted by Gasteiger charge is -1.97. The number of hydrogen-bond donors (Lipinski definition) is 1. The third kappa shape index (κ3) is 0.849. The van der Waals surface area contributed by atoms with Crippen LogP contribution in [0.3, 0.4) is 0 Å². The molecule has 14 heavy (non-hydrogen) atoms. The lowest BCUT2D eigenvalue weighted by Crippen LogP contribution is -1.84. The van der Waals surface area contributed by atoms with E-state index >= 15 is 0 Å². The zero-order valence-electron chi connectivity index (χ0n) is 7.69. The van der Waals surface area contributed by atoms with Crippen molar-refractivity contribution in [1.29, 1.82) is 0 Å². The minimum Gasteiger partial charge on any atom is -0.494 e. The van der Waals surface area contributed by atoms with Gasteiger partial charge in [0.2, 0.25) is 0 Å². The molecule has 0 saturated carbocycles. The lowest BCUT2D eigenvalue weighted by atomic mass is 10.2. The van der Waals surface area contributed by atoms with E-state index in [4.69, 9.17) is 0 Å². The Morgan fingerprint density at radius 3 is 2.93 bits per heavy atom. The fourth-order valence-corrected chi connectivity index (χ4v) is 2.65. The Kier molecular flexibility index (Phi) is 1.42. The molecule has 2 heterocycles. The Hall–Kier alpha value is -1.48. The average Bonchev–Trinajstić information content (AvgIpc) is 2.73. The second-order valence-electron chi connectivity index (χ2n) is 3.39. The standard InChI is InChI=1S/C11H9NOS/c1-12-9-2-3-10-7(4-5-14-10)8(9)6-11(12)13/h2-6,13H,1H3. The van der Waals surface area contributed by atoms with Crippen molar-refractivity contribution in [3.8, 4) is 5.88 Å². The molecule has 3 heteroatoms. The number of aromatic hydroxyl groups is 1. The van der Waals surface area contributed by atoms with E-state index in [2.05, 4.69) is 17.5 Å². The summed E-state index contributed by atoms with van der Waals surface area (Å²) < 4.78 is 3.06. The summed E-state index contributed by atoms with van der Waals surface area (Å²) in [7, 11) is 1.87. The molecule has 0 aliphatic heterocycles. The molecule has 0 aliphatic carbocycles. The summed E-state index contributed by atoms with van der Waals surface area (Å²) in [6, 6.07) is 8.07. The molecule has 0 spiro atoms. The fraction of sp³-hybridized carbons (Fsp3) is 0.0909. The number of hydrogen-bond acceptors (Lipinski definition) is 2. The Balaban J connectivity index is 2.63. The molecular weight excluding hydrogens is 194 g/mol. The SMILES string of the molecule is Cn1c(O)cc2c3ccsc3ccc21. The van der Waals surface area contributed by atoms with Crippen LogP contribution in [0.25, 0.3) is 21.0 Å². The predicted octanol–water partition coefficient (Wildman–Crippen LogP) is 3.10. The van der Waals surface area contributed by atoms with Gasteiger partial charge in [-0.05, 0) is 23.6 Å². The van der Waals surface area contributed by atoms with Gasteiger partial charge >= 0.3 is 0 Å². The van der Waals surface area contributed by atoms with Crippen molar-refractivity contribution in [1.82, 2.24) is 4.57 Å². The normalized spacial score (nSPS) is 11.5. The van der Waals surface area contributed by atoms with Crippen LogP contribution in [-0.4, -0.2) is 9.67 Å². The maximum atomic E-state index is 9.61. The zero-order chi connectivity index (χ0) is 9.71. The molecule has 3 rings (SSSR count). The van der Waals surface area contributed by atoms with Crippen LogP contribution in [0.5, 0.6) is 5.88 Å². The van der Waals surface area contributed by atoms with Gasteiger partial charge in [0.05, 0.1) is 5.52 Å². The summed E-state index contributed by atoms with van der Waals surface area (Å²) in [5, 5.41) is 14.0. The van der Waals surface area contributed by atoms with Gasteiger partial charge in [-0.1, -0.05) is 0 Å². The van der Waals surface area contributed by atoms with Crippen LogP contribution in [0.1, 0.15) is 0 Å². The summed E-state index contributed by atoms with van der Waals surface area (Å²) in [5.41, 5.74) is 1.08. The fourth-order valence-electron chi connectivity index (χ4n) is 1.85. The van der Waals surface area contributed by atoms with Crippen molar-refractivity contribution in [2.45, 2.75) is 0 Å². The monoisotopic (exact) mass is 203 g/mol. The van der Waals surface area contributed by atoms with Crippen molar-refractivity contribution in [2.75, 3.05) is 0 Å². The first kappa shape index (κ1) is 7.88. The van der Waals surface area contributed by atoms with Gasteiger partial charge in [0.1, 0.15) is 0 Å². The molecule has 1 aromatic carbocycles. The van der Waals surface area contributed by atoms with Gasteiger partial charge in [-0.15, -0.1) is 11.3 Å². The Bertz CT molecular complexity index is 621. The Morgan fingerprint density at radius 2 is 2.07 bits per heavy atom. The van der Waals surface area contributed by atoms with Crippen LogP contribution in [-0.2, 0) is 7.05 Å². The molecule has 70 valence electrons. The molecule has 0 saturated heterocycles. The van der Waals surface area contributed by atoms with Crippen molar-refractivity contribution in [3.05, 3.63) is 29.6 Å². The third-order valence-corrected chi connectivity index (χ3v) is 3.51. The smallest absolute Gasteiger partial charge is 0.191 e. The summed E-state index contributed by atoms with van der Waals surface area (Å²) in [6.45, 7) is 0. The Labute approximate surface area is 85.0 Å². The lowest BCUT2D eigenvalue weighted by molar-refractivity contribution is 0.435. The van der Waals surface area contributed by atoms with Crippen molar-refractivity contribution in [2.24, 2.45) is 7.05 Å². The van der Waals surface area contributed by atoms with Gasteiger partial charge in [-0.25, -0.2) is 0 Å². The van der Waals surface area contributed by atoms with Crippen molar-refractivity contribution < 1.29 is 5.11 Å². The van der Waals surface area contributed by atoms with Crippen LogP contribution >= 0.6 is 11.3 Å². The number of aryl methyl sites for hydroxylation is 1. The number of fused-ring (bicyclic) bond motifs is 3. The van der Waals surface area contributed by atoms with Gasteiger partial charge in [0.15, 0.2) is 5.88 Å². The molecule has 1 N–H and O–H groups in total. The van der Waals surface area contributed by atoms with E-state index in [9.17, 15) is 5.11 Å². The number of nitrogens with zero attached hydrogens (tertiary/aromatic N) is 1. The maximum Gasteiger partial charge on any atom is 0.191 e. The van der Waals surface area contributed by atoms with E-state index in [0.29, 0.717) is 5.88 Å². The molecule has 0 radical (unpaired) electrons. The van der Waals surface area contributed by atoms with Crippen molar-refractivity contribution in [3.63, 3.8) is 0 Å². The molecule has 0 atom stereocenters. The number of rotatable bonds is 0. The van der Waals surface area contributed by atoms with Crippen LogP contribution < -0.4 is 0 Å². The Morgan fingerprint density at radius 1 is 1.21 bits per heavy atom. The summed E-state index contributed by atoms with van der Waals surface area (Å²) >= 11 is 1.73. The molecule has 3 aromatic rings. The van der Waals surface area contributed by atoms with Gasteiger partial charge in [0.25, 0.3) is 0 Å².